The van der Waals surface area contributed by atoms with E-state index < -0.39 is 0 Å². The molecular weight excluding hydrogens is 256 g/mol. The number of hydrogen-bond donors (Lipinski definition) is 1. The molecule has 2 N–H and O–H groups in total. The van der Waals surface area contributed by atoms with E-state index in [2.05, 4.69) is 36.4 Å². The third kappa shape index (κ3) is 1.93. The molecule has 3 aromatic carbocycles. The molecule has 2 nitrogen and oxygen atoms in total. The summed E-state index contributed by atoms with van der Waals surface area (Å²) in [6, 6.07) is 24.5. The first-order chi connectivity index (χ1) is 10.3. The van der Waals surface area contributed by atoms with Crippen molar-refractivity contribution in [1.29, 1.82) is 0 Å². The van der Waals surface area contributed by atoms with Crippen LogP contribution in [0.2, 0.25) is 0 Å². The Morgan fingerprint density at radius 2 is 1.48 bits per heavy atom. The van der Waals surface area contributed by atoms with Crippen molar-refractivity contribution in [3.8, 4) is 11.3 Å². The molecule has 0 aliphatic heterocycles. The second kappa shape index (κ2) is 4.60. The van der Waals surface area contributed by atoms with Crippen LogP contribution >= 0.6 is 0 Å². The van der Waals surface area contributed by atoms with Crippen molar-refractivity contribution in [3.63, 3.8) is 0 Å². The summed E-state index contributed by atoms with van der Waals surface area (Å²) in [7, 11) is 0. The number of fused-ring (bicyclic) bond motifs is 3. The van der Waals surface area contributed by atoms with Gasteiger partial charge in [-0.3, -0.25) is 0 Å². The largest absolute Gasteiger partial charge is 0.398 e. The predicted octanol–water partition coefficient (Wildman–Crippen LogP) is 4.64. The smallest absolute Gasteiger partial charge is 0.0808 e. The number of anilines is 1. The van der Waals surface area contributed by atoms with Gasteiger partial charge in [0, 0.05) is 22.0 Å². The van der Waals surface area contributed by atoms with Crippen LogP contribution in [0.3, 0.4) is 0 Å². The first-order valence-corrected chi connectivity index (χ1v) is 6.96. The standard InChI is InChI=1S/C19H14N2/c20-17-12-18(14-7-2-1-3-8-14)21-19-15-9-5-4-6-13(15)10-11-16(17)19/h1-12H,(H2,20,21). The topological polar surface area (TPSA) is 38.9 Å². The molecule has 0 aliphatic rings. The summed E-state index contributed by atoms with van der Waals surface area (Å²) < 4.78 is 0. The summed E-state index contributed by atoms with van der Waals surface area (Å²) in [6.07, 6.45) is 0. The Hall–Kier alpha value is -2.87. The maximum absolute atomic E-state index is 6.25. The molecular formula is C19H14N2. The highest BCUT2D eigenvalue weighted by Crippen LogP contribution is 2.31. The van der Waals surface area contributed by atoms with Crippen LogP contribution in [0.4, 0.5) is 5.69 Å². The maximum atomic E-state index is 6.25. The van der Waals surface area contributed by atoms with Gasteiger partial charge in [-0.15, -0.1) is 0 Å². The molecule has 0 saturated heterocycles. The normalized spacial score (nSPS) is 11.0. The van der Waals surface area contributed by atoms with Crippen LogP contribution in [0.5, 0.6) is 0 Å². The number of nitrogens with two attached hydrogens (primary N) is 1. The minimum absolute atomic E-state index is 0.768. The van der Waals surface area contributed by atoms with Crippen molar-refractivity contribution >= 4 is 27.4 Å². The number of pyridine rings is 1. The Morgan fingerprint density at radius 1 is 0.714 bits per heavy atom. The second-order valence-corrected chi connectivity index (χ2v) is 5.15. The van der Waals surface area contributed by atoms with Crippen molar-refractivity contribution < 1.29 is 0 Å². The molecule has 0 unspecified atom stereocenters. The molecule has 0 spiro atoms. The minimum atomic E-state index is 0.768. The molecule has 100 valence electrons. The fourth-order valence-electron chi connectivity index (χ4n) is 2.74. The summed E-state index contributed by atoms with van der Waals surface area (Å²) in [5.41, 5.74) is 9.97. The number of benzene rings is 3. The van der Waals surface area contributed by atoms with Crippen LogP contribution < -0.4 is 5.73 Å². The van der Waals surface area contributed by atoms with Gasteiger partial charge in [0.2, 0.25) is 0 Å². The van der Waals surface area contributed by atoms with Gasteiger partial charge in [0.1, 0.15) is 0 Å². The fourth-order valence-corrected chi connectivity index (χ4v) is 2.74. The van der Waals surface area contributed by atoms with E-state index in [1.165, 1.54) is 5.39 Å². The molecule has 0 amide bonds. The lowest BCUT2D eigenvalue weighted by Crippen LogP contribution is -1.93. The highest BCUT2D eigenvalue weighted by molar-refractivity contribution is 6.09. The van der Waals surface area contributed by atoms with E-state index in [1.54, 1.807) is 0 Å². The fraction of sp³-hybridized carbons (Fsp3) is 0. The van der Waals surface area contributed by atoms with E-state index in [9.17, 15) is 0 Å². The predicted molar refractivity (Wildman–Crippen MR) is 89.1 cm³/mol. The zero-order valence-electron chi connectivity index (χ0n) is 11.5. The quantitative estimate of drug-likeness (QED) is 0.512. The van der Waals surface area contributed by atoms with Crippen molar-refractivity contribution in [3.05, 3.63) is 72.8 Å². The van der Waals surface area contributed by atoms with Gasteiger partial charge in [0.05, 0.1) is 11.2 Å². The molecule has 1 heterocycles. The Morgan fingerprint density at radius 3 is 2.33 bits per heavy atom. The van der Waals surface area contributed by atoms with Crippen molar-refractivity contribution in [1.82, 2.24) is 4.98 Å². The van der Waals surface area contributed by atoms with Gasteiger partial charge in [-0.05, 0) is 11.5 Å². The van der Waals surface area contributed by atoms with E-state index >= 15 is 0 Å². The zero-order valence-corrected chi connectivity index (χ0v) is 11.5. The highest BCUT2D eigenvalue weighted by atomic mass is 14.7. The van der Waals surface area contributed by atoms with Gasteiger partial charge in [-0.25, -0.2) is 4.98 Å². The summed E-state index contributed by atoms with van der Waals surface area (Å²) >= 11 is 0. The summed E-state index contributed by atoms with van der Waals surface area (Å²) in [5, 5.41) is 3.33. The molecule has 0 atom stereocenters. The van der Waals surface area contributed by atoms with Gasteiger partial charge >= 0.3 is 0 Å². The molecule has 4 rings (SSSR count). The SMILES string of the molecule is Nc1cc(-c2ccccc2)nc2c1ccc1ccccc12. The average Bonchev–Trinajstić information content (AvgIpc) is 2.55. The molecule has 21 heavy (non-hydrogen) atoms. The van der Waals surface area contributed by atoms with Gasteiger partial charge < -0.3 is 5.73 Å². The molecule has 0 fully saturated rings. The van der Waals surface area contributed by atoms with Crippen molar-refractivity contribution in [2.45, 2.75) is 0 Å². The first kappa shape index (κ1) is 11.9. The molecule has 0 radical (unpaired) electrons. The van der Waals surface area contributed by atoms with Gasteiger partial charge in [0.25, 0.3) is 0 Å². The molecule has 0 aliphatic carbocycles. The van der Waals surface area contributed by atoms with E-state index in [0.717, 1.165) is 33.2 Å². The Bertz CT molecular complexity index is 943. The lowest BCUT2D eigenvalue weighted by atomic mass is 10.0. The number of nitrogens with zero attached hydrogens (tertiary/aromatic N) is 1. The first-order valence-electron chi connectivity index (χ1n) is 6.96. The van der Waals surface area contributed by atoms with Crippen molar-refractivity contribution in [2.75, 3.05) is 5.73 Å². The van der Waals surface area contributed by atoms with E-state index in [-0.39, 0.29) is 0 Å². The zero-order chi connectivity index (χ0) is 14.2. The summed E-state index contributed by atoms with van der Waals surface area (Å²) in [5.74, 6) is 0. The number of hydrogen-bond acceptors (Lipinski definition) is 2. The van der Waals surface area contributed by atoms with Crippen LogP contribution in [0.25, 0.3) is 32.9 Å². The van der Waals surface area contributed by atoms with Crippen LogP contribution in [0.1, 0.15) is 0 Å². The van der Waals surface area contributed by atoms with Gasteiger partial charge in [-0.1, -0.05) is 66.7 Å². The lowest BCUT2D eigenvalue weighted by Gasteiger charge is -2.09. The van der Waals surface area contributed by atoms with Crippen LogP contribution in [-0.2, 0) is 0 Å². The number of rotatable bonds is 1. The van der Waals surface area contributed by atoms with Crippen LogP contribution in [0, 0.1) is 0 Å². The van der Waals surface area contributed by atoms with Gasteiger partial charge in [-0.2, -0.15) is 0 Å². The third-order valence-electron chi connectivity index (χ3n) is 3.81. The molecule has 2 heteroatoms. The van der Waals surface area contributed by atoms with E-state index in [4.69, 9.17) is 10.7 Å². The molecule has 1 aromatic heterocycles. The average molecular weight is 270 g/mol. The number of aromatic nitrogens is 1. The Balaban J connectivity index is 2.10. The Labute approximate surface area is 122 Å². The van der Waals surface area contributed by atoms with Crippen molar-refractivity contribution in [2.24, 2.45) is 0 Å². The minimum Gasteiger partial charge on any atom is -0.398 e. The van der Waals surface area contributed by atoms with Gasteiger partial charge in [0.15, 0.2) is 0 Å². The molecule has 0 bridgehead atoms. The monoisotopic (exact) mass is 270 g/mol. The van der Waals surface area contributed by atoms with E-state index in [1.807, 2.05) is 36.4 Å². The highest BCUT2D eigenvalue weighted by Gasteiger charge is 2.08. The van der Waals surface area contributed by atoms with E-state index in [0.29, 0.717) is 0 Å². The number of nitrogen functional groups attached to an aromatic ring is 1. The van der Waals surface area contributed by atoms with Crippen LogP contribution in [-0.4, -0.2) is 4.98 Å². The lowest BCUT2D eigenvalue weighted by molar-refractivity contribution is 1.41. The molecule has 4 aromatic rings. The summed E-state index contributed by atoms with van der Waals surface area (Å²) in [4.78, 5) is 4.85. The third-order valence-corrected chi connectivity index (χ3v) is 3.81. The maximum Gasteiger partial charge on any atom is 0.0808 e. The molecule has 0 saturated carbocycles. The Kier molecular flexibility index (Phi) is 2.61. The second-order valence-electron chi connectivity index (χ2n) is 5.15. The summed E-state index contributed by atoms with van der Waals surface area (Å²) in [6.45, 7) is 0. The van der Waals surface area contributed by atoms with Crippen LogP contribution in [0.15, 0.2) is 72.8 Å².